The van der Waals surface area contributed by atoms with Crippen LogP contribution in [0.1, 0.15) is 19.4 Å². The number of hydrogen-bond acceptors (Lipinski definition) is 4. The summed E-state index contributed by atoms with van der Waals surface area (Å²) in [5.74, 6) is -0.342. The van der Waals surface area contributed by atoms with E-state index in [-0.39, 0.29) is 6.61 Å². The first-order valence-electron chi connectivity index (χ1n) is 8.42. The van der Waals surface area contributed by atoms with Crippen LogP contribution in [0.5, 0.6) is 5.75 Å². The van der Waals surface area contributed by atoms with Gasteiger partial charge in [-0.05, 0) is 43.7 Å². The van der Waals surface area contributed by atoms with Gasteiger partial charge in [0, 0.05) is 11.4 Å². The fraction of sp³-hybridized carbons (Fsp3) is 0.300. The summed E-state index contributed by atoms with van der Waals surface area (Å²) >= 11 is 5.83. The molecule has 0 fully saturated rings. The number of ether oxygens (including phenoxy) is 2. The number of rotatable bonds is 8. The van der Waals surface area contributed by atoms with Gasteiger partial charge in [0.05, 0.1) is 6.61 Å². The van der Waals surface area contributed by atoms with E-state index >= 15 is 0 Å². The minimum Gasteiger partial charge on any atom is -0.481 e. The molecule has 0 saturated carbocycles. The zero-order valence-electron chi connectivity index (χ0n) is 14.8. The number of hydrogen-bond donors (Lipinski definition) is 1. The smallest absolute Gasteiger partial charge is 0.328 e. The fourth-order valence-corrected chi connectivity index (χ4v) is 2.47. The summed E-state index contributed by atoms with van der Waals surface area (Å²) < 4.78 is 10.7. The Bertz CT molecular complexity index is 718. The van der Waals surface area contributed by atoms with Crippen LogP contribution in [-0.2, 0) is 20.7 Å². The molecule has 26 heavy (non-hydrogen) atoms. The summed E-state index contributed by atoms with van der Waals surface area (Å²) in [7, 11) is 0. The van der Waals surface area contributed by atoms with E-state index in [4.69, 9.17) is 21.1 Å². The molecule has 0 aromatic heterocycles. The van der Waals surface area contributed by atoms with E-state index in [9.17, 15) is 9.59 Å². The molecule has 1 amide bonds. The first-order chi connectivity index (χ1) is 12.5. The number of halogens is 1. The van der Waals surface area contributed by atoms with Gasteiger partial charge in [-0.2, -0.15) is 0 Å². The SMILES string of the molecule is CCOC(=O)C(Cc1ccccc1)NC(=O)C(C)Oc1ccc(Cl)cc1. The van der Waals surface area contributed by atoms with Crippen molar-refractivity contribution >= 4 is 23.5 Å². The number of carbonyl (C=O) groups is 2. The molecule has 2 unspecified atom stereocenters. The summed E-state index contributed by atoms with van der Waals surface area (Å²) in [6.45, 7) is 3.59. The van der Waals surface area contributed by atoms with Gasteiger partial charge in [0.25, 0.3) is 5.91 Å². The molecule has 0 spiro atoms. The predicted octanol–water partition coefficient (Wildman–Crippen LogP) is 3.40. The van der Waals surface area contributed by atoms with Crippen molar-refractivity contribution in [3.8, 4) is 5.75 Å². The van der Waals surface area contributed by atoms with Crippen molar-refractivity contribution in [2.24, 2.45) is 0 Å². The van der Waals surface area contributed by atoms with Gasteiger partial charge in [-0.15, -0.1) is 0 Å². The van der Waals surface area contributed by atoms with Gasteiger partial charge in [-0.3, -0.25) is 4.79 Å². The molecule has 0 aliphatic rings. The van der Waals surface area contributed by atoms with Crippen LogP contribution in [0.25, 0.3) is 0 Å². The number of benzene rings is 2. The molecule has 0 aliphatic carbocycles. The first-order valence-corrected chi connectivity index (χ1v) is 8.80. The van der Waals surface area contributed by atoms with Crippen LogP contribution in [0.15, 0.2) is 54.6 Å². The zero-order chi connectivity index (χ0) is 18.9. The molecule has 2 rings (SSSR count). The van der Waals surface area contributed by atoms with Gasteiger partial charge in [-0.1, -0.05) is 41.9 Å². The van der Waals surface area contributed by atoms with E-state index in [2.05, 4.69) is 5.32 Å². The first kappa shape index (κ1) is 19.8. The lowest BCUT2D eigenvalue weighted by Gasteiger charge is -2.20. The highest BCUT2D eigenvalue weighted by atomic mass is 35.5. The molecule has 0 heterocycles. The lowest BCUT2D eigenvalue weighted by Crippen LogP contribution is -2.48. The van der Waals surface area contributed by atoms with Gasteiger partial charge in [-0.25, -0.2) is 4.79 Å². The molecule has 2 aromatic rings. The van der Waals surface area contributed by atoms with Crippen LogP contribution in [0.3, 0.4) is 0 Å². The van der Waals surface area contributed by atoms with Crippen molar-refractivity contribution in [3.63, 3.8) is 0 Å². The third-order valence-electron chi connectivity index (χ3n) is 3.67. The maximum atomic E-state index is 12.5. The second-order valence-electron chi connectivity index (χ2n) is 5.72. The number of nitrogens with one attached hydrogen (secondary N) is 1. The highest BCUT2D eigenvalue weighted by Gasteiger charge is 2.25. The van der Waals surface area contributed by atoms with Crippen molar-refractivity contribution < 1.29 is 19.1 Å². The van der Waals surface area contributed by atoms with Crippen LogP contribution < -0.4 is 10.1 Å². The van der Waals surface area contributed by atoms with E-state index < -0.39 is 24.0 Å². The number of esters is 1. The molecule has 1 N–H and O–H groups in total. The van der Waals surface area contributed by atoms with Crippen LogP contribution in [0.4, 0.5) is 0 Å². The van der Waals surface area contributed by atoms with Crippen molar-refractivity contribution in [3.05, 3.63) is 65.2 Å². The second-order valence-corrected chi connectivity index (χ2v) is 6.15. The van der Waals surface area contributed by atoms with Crippen molar-refractivity contribution in [2.45, 2.75) is 32.4 Å². The molecule has 0 aliphatic heterocycles. The Balaban J connectivity index is 2.01. The monoisotopic (exact) mass is 375 g/mol. The normalized spacial score (nSPS) is 12.7. The Morgan fingerprint density at radius 1 is 1.08 bits per heavy atom. The molecule has 6 heteroatoms. The van der Waals surface area contributed by atoms with Crippen molar-refractivity contribution in [2.75, 3.05) is 6.61 Å². The minimum absolute atomic E-state index is 0.247. The number of carbonyl (C=O) groups excluding carboxylic acids is 2. The van der Waals surface area contributed by atoms with Crippen LogP contribution in [-0.4, -0.2) is 30.6 Å². The summed E-state index contributed by atoms with van der Waals surface area (Å²) in [5, 5.41) is 3.30. The largest absolute Gasteiger partial charge is 0.481 e. The Morgan fingerprint density at radius 2 is 1.73 bits per heavy atom. The summed E-state index contributed by atoms with van der Waals surface area (Å²) in [6, 6.07) is 15.4. The Labute approximate surface area is 158 Å². The Morgan fingerprint density at radius 3 is 2.35 bits per heavy atom. The molecular formula is C20H22ClNO4. The zero-order valence-corrected chi connectivity index (χ0v) is 15.5. The molecule has 138 valence electrons. The second kappa shape index (κ2) is 9.82. The van der Waals surface area contributed by atoms with Crippen molar-refractivity contribution in [1.29, 1.82) is 0 Å². The minimum atomic E-state index is -0.777. The van der Waals surface area contributed by atoms with Gasteiger partial charge in [0.15, 0.2) is 6.10 Å². The summed E-state index contributed by atoms with van der Waals surface area (Å²) in [5.41, 5.74) is 0.928. The molecule has 5 nitrogen and oxygen atoms in total. The standard InChI is InChI=1S/C20H22ClNO4/c1-3-25-20(24)18(13-15-7-5-4-6-8-15)22-19(23)14(2)26-17-11-9-16(21)10-12-17/h4-12,14,18H,3,13H2,1-2H3,(H,22,23). The van der Waals surface area contributed by atoms with E-state index in [1.165, 1.54) is 0 Å². The summed E-state index contributed by atoms with van der Waals surface area (Å²) in [6.07, 6.45) is -0.428. The van der Waals surface area contributed by atoms with Crippen LogP contribution >= 0.6 is 11.6 Å². The lowest BCUT2D eigenvalue weighted by molar-refractivity contribution is -0.148. The third-order valence-corrected chi connectivity index (χ3v) is 3.92. The highest BCUT2D eigenvalue weighted by Crippen LogP contribution is 2.17. The lowest BCUT2D eigenvalue weighted by atomic mass is 10.1. The molecule has 2 aromatic carbocycles. The van der Waals surface area contributed by atoms with Gasteiger partial charge < -0.3 is 14.8 Å². The fourth-order valence-electron chi connectivity index (χ4n) is 2.35. The van der Waals surface area contributed by atoms with Gasteiger partial charge in [0.2, 0.25) is 0 Å². The molecule has 0 bridgehead atoms. The van der Waals surface area contributed by atoms with Crippen LogP contribution in [0, 0.1) is 0 Å². The quantitative estimate of drug-likeness (QED) is 0.718. The van der Waals surface area contributed by atoms with E-state index in [1.807, 2.05) is 30.3 Å². The van der Waals surface area contributed by atoms with Crippen molar-refractivity contribution in [1.82, 2.24) is 5.32 Å². The summed E-state index contributed by atoms with van der Waals surface area (Å²) in [4.78, 5) is 24.7. The maximum absolute atomic E-state index is 12.5. The molecule has 0 radical (unpaired) electrons. The average molecular weight is 376 g/mol. The predicted molar refractivity (Wildman–Crippen MR) is 100 cm³/mol. The third kappa shape index (κ3) is 6.08. The van der Waals surface area contributed by atoms with Crippen LogP contribution in [0.2, 0.25) is 5.02 Å². The molecule has 0 saturated heterocycles. The molecular weight excluding hydrogens is 354 g/mol. The molecule has 2 atom stereocenters. The van der Waals surface area contributed by atoms with E-state index in [1.54, 1.807) is 38.1 Å². The Kier molecular flexibility index (Phi) is 7.48. The topological polar surface area (TPSA) is 64.6 Å². The average Bonchev–Trinajstić information content (AvgIpc) is 2.64. The van der Waals surface area contributed by atoms with Gasteiger partial charge >= 0.3 is 5.97 Å². The maximum Gasteiger partial charge on any atom is 0.328 e. The number of amides is 1. The highest BCUT2D eigenvalue weighted by molar-refractivity contribution is 6.30. The van der Waals surface area contributed by atoms with Gasteiger partial charge in [0.1, 0.15) is 11.8 Å². The Hall–Kier alpha value is -2.53. The van der Waals surface area contributed by atoms with E-state index in [0.717, 1.165) is 5.56 Å². The van der Waals surface area contributed by atoms with E-state index in [0.29, 0.717) is 17.2 Å².